The summed E-state index contributed by atoms with van der Waals surface area (Å²) in [5.74, 6) is -0.447. The topological polar surface area (TPSA) is 64.0 Å². The maximum Gasteiger partial charge on any atom is 0.262 e. The van der Waals surface area contributed by atoms with Gasteiger partial charge in [0.15, 0.2) is 0 Å². The predicted octanol–water partition coefficient (Wildman–Crippen LogP) is 4.32. The van der Waals surface area contributed by atoms with Crippen molar-refractivity contribution in [2.45, 2.75) is 26.3 Å². The van der Waals surface area contributed by atoms with Gasteiger partial charge in [0.25, 0.3) is 5.56 Å². The van der Waals surface area contributed by atoms with Gasteiger partial charge in [-0.1, -0.05) is 42.0 Å². The zero-order chi connectivity index (χ0) is 21.8. The molecule has 0 bridgehead atoms. The van der Waals surface area contributed by atoms with Gasteiger partial charge in [0.2, 0.25) is 5.91 Å². The second-order valence-corrected chi connectivity index (χ2v) is 8.28. The van der Waals surface area contributed by atoms with Crippen LogP contribution in [0.25, 0.3) is 21.3 Å². The molecule has 0 unspecified atom stereocenters. The number of hydrogen-bond acceptors (Lipinski definition) is 4. The Morgan fingerprint density at radius 2 is 2.00 bits per heavy atom. The van der Waals surface area contributed by atoms with Gasteiger partial charge < -0.3 is 5.32 Å². The fourth-order valence-electron chi connectivity index (χ4n) is 3.42. The van der Waals surface area contributed by atoms with Crippen LogP contribution in [0.2, 0.25) is 0 Å². The highest BCUT2D eigenvalue weighted by atomic mass is 32.1. The molecule has 0 aliphatic carbocycles. The van der Waals surface area contributed by atoms with Crippen molar-refractivity contribution < 1.29 is 9.18 Å². The number of nitrogens with zero attached hydrogens (tertiary/aromatic N) is 2. The molecule has 0 fully saturated rings. The van der Waals surface area contributed by atoms with E-state index >= 15 is 0 Å². The van der Waals surface area contributed by atoms with E-state index in [9.17, 15) is 14.0 Å². The number of aryl methyl sites for hydroxylation is 2. The largest absolute Gasteiger partial charge is 0.356 e. The SMILES string of the molecule is Cc1ccc(-c2csc3ncn(CCC(=O)NCCc4cccc(F)c4)c(=O)c23)cc1. The summed E-state index contributed by atoms with van der Waals surface area (Å²) in [6, 6.07) is 14.4. The average molecular weight is 436 g/mol. The van der Waals surface area contributed by atoms with Gasteiger partial charge in [0.1, 0.15) is 10.6 Å². The quantitative estimate of drug-likeness (QED) is 0.470. The summed E-state index contributed by atoms with van der Waals surface area (Å²) >= 11 is 1.44. The maximum absolute atomic E-state index is 13.2. The second-order valence-electron chi connectivity index (χ2n) is 7.42. The van der Waals surface area contributed by atoms with E-state index in [-0.39, 0.29) is 30.2 Å². The lowest BCUT2D eigenvalue weighted by atomic mass is 10.1. The van der Waals surface area contributed by atoms with Crippen LogP contribution in [0, 0.1) is 12.7 Å². The molecule has 0 aliphatic rings. The number of hydrogen-bond donors (Lipinski definition) is 1. The van der Waals surface area contributed by atoms with Gasteiger partial charge in [0, 0.05) is 30.5 Å². The minimum atomic E-state index is -0.287. The number of halogens is 1. The highest BCUT2D eigenvalue weighted by molar-refractivity contribution is 7.17. The van der Waals surface area contributed by atoms with Crippen molar-refractivity contribution in [2.75, 3.05) is 6.54 Å². The normalized spacial score (nSPS) is 11.0. The molecule has 2 aromatic heterocycles. The van der Waals surface area contributed by atoms with E-state index in [1.54, 1.807) is 6.07 Å². The van der Waals surface area contributed by atoms with Crippen LogP contribution in [0.5, 0.6) is 0 Å². The summed E-state index contributed by atoms with van der Waals surface area (Å²) in [4.78, 5) is 30.4. The molecule has 5 nitrogen and oxygen atoms in total. The third-order valence-electron chi connectivity index (χ3n) is 5.13. The minimum Gasteiger partial charge on any atom is -0.356 e. The molecule has 4 aromatic rings. The number of fused-ring (bicyclic) bond motifs is 1. The Bertz CT molecular complexity index is 1280. The highest BCUT2D eigenvalue weighted by Gasteiger charge is 2.14. The maximum atomic E-state index is 13.2. The van der Waals surface area contributed by atoms with Gasteiger partial charge in [-0.3, -0.25) is 14.2 Å². The van der Waals surface area contributed by atoms with Crippen LogP contribution in [0.3, 0.4) is 0 Å². The van der Waals surface area contributed by atoms with Crippen molar-refractivity contribution in [3.8, 4) is 11.1 Å². The first kappa shape index (κ1) is 20.9. The van der Waals surface area contributed by atoms with Crippen molar-refractivity contribution in [1.82, 2.24) is 14.9 Å². The van der Waals surface area contributed by atoms with Crippen LogP contribution in [0.4, 0.5) is 4.39 Å². The summed E-state index contributed by atoms with van der Waals surface area (Å²) in [6.07, 6.45) is 2.21. The number of thiophene rings is 1. The van der Waals surface area contributed by atoms with E-state index in [0.717, 1.165) is 22.3 Å². The van der Waals surface area contributed by atoms with Gasteiger partial charge in [-0.05, 0) is 36.6 Å². The standard InChI is InChI=1S/C24H22FN3O2S/c1-16-5-7-18(8-6-16)20-14-31-23-22(20)24(30)28(15-27-23)12-10-21(29)26-11-9-17-3-2-4-19(25)13-17/h2-8,13-15H,9-12H2,1H3,(H,26,29). The second kappa shape index (κ2) is 9.22. The minimum absolute atomic E-state index is 0.144. The van der Waals surface area contributed by atoms with Crippen LogP contribution in [-0.4, -0.2) is 22.0 Å². The molecular formula is C24H22FN3O2S. The van der Waals surface area contributed by atoms with Crippen LogP contribution in [0.15, 0.2) is 65.0 Å². The number of rotatable bonds is 7. The lowest BCUT2D eigenvalue weighted by Crippen LogP contribution is -2.29. The lowest BCUT2D eigenvalue weighted by Gasteiger charge is -2.08. The highest BCUT2D eigenvalue weighted by Crippen LogP contribution is 2.30. The Labute approximate surface area is 183 Å². The van der Waals surface area contributed by atoms with Crippen molar-refractivity contribution in [2.24, 2.45) is 0 Å². The van der Waals surface area contributed by atoms with E-state index in [1.165, 1.54) is 34.4 Å². The fraction of sp³-hybridized carbons (Fsp3) is 0.208. The van der Waals surface area contributed by atoms with E-state index in [2.05, 4.69) is 10.3 Å². The Morgan fingerprint density at radius 3 is 2.77 bits per heavy atom. The number of amides is 1. The van der Waals surface area contributed by atoms with Crippen molar-refractivity contribution in [3.05, 3.63) is 87.5 Å². The predicted molar refractivity (Wildman–Crippen MR) is 122 cm³/mol. The molecule has 1 amide bonds. The summed E-state index contributed by atoms with van der Waals surface area (Å²) in [5.41, 5.74) is 3.68. The third-order valence-corrected chi connectivity index (χ3v) is 6.01. The van der Waals surface area contributed by atoms with Crippen molar-refractivity contribution >= 4 is 27.5 Å². The van der Waals surface area contributed by atoms with E-state index in [1.807, 2.05) is 42.6 Å². The molecule has 0 radical (unpaired) electrons. The van der Waals surface area contributed by atoms with Gasteiger partial charge in [-0.25, -0.2) is 9.37 Å². The first-order valence-electron chi connectivity index (χ1n) is 10.1. The molecule has 1 N–H and O–H groups in total. The summed E-state index contributed by atoms with van der Waals surface area (Å²) in [6.45, 7) is 2.68. The molecular weight excluding hydrogens is 413 g/mol. The Balaban J connectivity index is 1.42. The first-order valence-corrected chi connectivity index (χ1v) is 10.9. The summed E-state index contributed by atoms with van der Waals surface area (Å²) in [7, 11) is 0. The van der Waals surface area contributed by atoms with Gasteiger partial charge in [-0.15, -0.1) is 11.3 Å². The molecule has 7 heteroatoms. The van der Waals surface area contributed by atoms with Gasteiger partial charge >= 0.3 is 0 Å². The molecule has 0 atom stereocenters. The monoisotopic (exact) mass is 435 g/mol. The zero-order valence-corrected chi connectivity index (χ0v) is 17.9. The zero-order valence-electron chi connectivity index (χ0n) is 17.1. The molecule has 0 saturated carbocycles. The Morgan fingerprint density at radius 1 is 1.19 bits per heavy atom. The van der Waals surface area contributed by atoms with Gasteiger partial charge in [0.05, 0.1) is 11.7 Å². The van der Waals surface area contributed by atoms with E-state index in [0.29, 0.717) is 23.2 Å². The lowest BCUT2D eigenvalue weighted by molar-refractivity contribution is -0.121. The Kier molecular flexibility index (Phi) is 6.23. The molecule has 4 rings (SSSR count). The van der Waals surface area contributed by atoms with Gasteiger partial charge in [-0.2, -0.15) is 0 Å². The van der Waals surface area contributed by atoms with Crippen LogP contribution in [0.1, 0.15) is 17.5 Å². The molecule has 2 heterocycles. The number of aromatic nitrogens is 2. The van der Waals surface area contributed by atoms with E-state index < -0.39 is 0 Å². The average Bonchev–Trinajstić information content (AvgIpc) is 3.19. The molecule has 0 saturated heterocycles. The number of benzene rings is 2. The van der Waals surface area contributed by atoms with Crippen molar-refractivity contribution in [3.63, 3.8) is 0 Å². The Hall–Kier alpha value is -3.32. The molecule has 0 aliphatic heterocycles. The summed E-state index contributed by atoms with van der Waals surface area (Å²) < 4.78 is 14.7. The fourth-order valence-corrected chi connectivity index (χ4v) is 4.33. The molecule has 31 heavy (non-hydrogen) atoms. The van der Waals surface area contributed by atoms with E-state index in [4.69, 9.17) is 0 Å². The number of nitrogens with one attached hydrogen (secondary N) is 1. The van der Waals surface area contributed by atoms with Crippen molar-refractivity contribution in [1.29, 1.82) is 0 Å². The summed E-state index contributed by atoms with van der Waals surface area (Å²) in [5, 5.41) is 5.36. The molecule has 2 aromatic carbocycles. The third kappa shape index (κ3) is 4.88. The first-order chi connectivity index (χ1) is 15.0. The molecule has 158 valence electrons. The van der Waals surface area contributed by atoms with Crippen LogP contribution < -0.4 is 10.9 Å². The van der Waals surface area contributed by atoms with Crippen LogP contribution >= 0.6 is 11.3 Å². The number of carbonyl (C=O) groups excluding carboxylic acids is 1. The molecule has 0 spiro atoms. The smallest absolute Gasteiger partial charge is 0.262 e. The number of carbonyl (C=O) groups is 1. The van der Waals surface area contributed by atoms with Crippen LogP contribution in [-0.2, 0) is 17.8 Å².